The Bertz CT molecular complexity index is 1300. The molecule has 0 radical (unpaired) electrons. The van der Waals surface area contributed by atoms with Gasteiger partial charge in [0, 0.05) is 11.1 Å². The summed E-state index contributed by atoms with van der Waals surface area (Å²) in [5, 5.41) is 60.5. The van der Waals surface area contributed by atoms with Gasteiger partial charge in [0.2, 0.25) is 12.1 Å². The molecule has 2 aromatic carbocycles. The zero-order valence-corrected chi connectivity index (χ0v) is 19.2. The van der Waals surface area contributed by atoms with Crippen LogP contribution in [0.3, 0.4) is 0 Å². The van der Waals surface area contributed by atoms with E-state index >= 15 is 0 Å². The minimum Gasteiger partial charge on any atom is -0.507 e. The molecular formula is C24H22O13. The molecule has 4 rings (SSSR count). The Hall–Kier alpha value is -4.04. The Balaban J connectivity index is 1.63. The summed E-state index contributed by atoms with van der Waals surface area (Å²) in [6.45, 7) is 0.728. The van der Waals surface area contributed by atoms with Crippen LogP contribution in [-0.4, -0.2) is 91.5 Å². The molecule has 196 valence electrons. The molecule has 13 nitrogen and oxygen atoms in total. The number of ketones is 2. The van der Waals surface area contributed by atoms with Crippen molar-refractivity contribution in [2.24, 2.45) is 0 Å². The summed E-state index contributed by atoms with van der Waals surface area (Å²) in [5.41, 5.74) is -0.810. The summed E-state index contributed by atoms with van der Waals surface area (Å²) in [6, 6.07) is 5.23. The van der Waals surface area contributed by atoms with Gasteiger partial charge in [-0.3, -0.25) is 19.2 Å². The lowest BCUT2D eigenvalue weighted by Crippen LogP contribution is -2.60. The number of hydrogen-bond acceptors (Lipinski definition) is 12. The molecule has 0 bridgehead atoms. The Morgan fingerprint density at radius 3 is 2.35 bits per heavy atom. The Kier molecular flexibility index (Phi) is 6.88. The van der Waals surface area contributed by atoms with Crippen LogP contribution in [0, 0.1) is 6.92 Å². The molecule has 0 saturated carbocycles. The third-order valence-corrected chi connectivity index (χ3v) is 6.03. The maximum Gasteiger partial charge on any atom is 0.317 e. The third kappa shape index (κ3) is 4.60. The average Bonchev–Trinajstić information content (AvgIpc) is 2.83. The number of phenols is 2. The fourth-order valence-electron chi connectivity index (χ4n) is 4.20. The Labute approximate surface area is 208 Å². The molecule has 1 aliphatic heterocycles. The lowest BCUT2D eigenvalue weighted by molar-refractivity contribution is -0.278. The molecule has 13 heteroatoms. The van der Waals surface area contributed by atoms with Crippen molar-refractivity contribution in [1.29, 1.82) is 0 Å². The van der Waals surface area contributed by atoms with Gasteiger partial charge in [-0.15, -0.1) is 0 Å². The Morgan fingerprint density at radius 2 is 1.68 bits per heavy atom. The van der Waals surface area contributed by atoms with Crippen molar-refractivity contribution < 1.29 is 64.0 Å². The first kappa shape index (κ1) is 26.0. The van der Waals surface area contributed by atoms with Gasteiger partial charge in [0.15, 0.2) is 17.3 Å². The van der Waals surface area contributed by atoms with Crippen molar-refractivity contribution in [2.75, 3.05) is 6.61 Å². The molecule has 1 aliphatic carbocycles. The van der Waals surface area contributed by atoms with E-state index in [1.54, 1.807) is 0 Å². The summed E-state index contributed by atoms with van der Waals surface area (Å²) in [6.07, 6.45) is -9.69. The van der Waals surface area contributed by atoms with Crippen molar-refractivity contribution in [3.05, 3.63) is 52.1 Å². The minimum atomic E-state index is -1.88. The van der Waals surface area contributed by atoms with E-state index in [0.29, 0.717) is 0 Å². The number of esters is 1. The van der Waals surface area contributed by atoms with Gasteiger partial charge in [-0.1, -0.05) is 12.1 Å². The highest BCUT2D eigenvalue weighted by Crippen LogP contribution is 2.43. The minimum absolute atomic E-state index is 0.0478. The monoisotopic (exact) mass is 518 g/mol. The predicted molar refractivity (Wildman–Crippen MR) is 118 cm³/mol. The van der Waals surface area contributed by atoms with Crippen LogP contribution in [0.1, 0.15) is 43.8 Å². The van der Waals surface area contributed by atoms with Crippen LogP contribution in [0.5, 0.6) is 17.2 Å². The van der Waals surface area contributed by atoms with Crippen LogP contribution < -0.4 is 4.74 Å². The molecule has 1 fully saturated rings. The second-order valence-corrected chi connectivity index (χ2v) is 8.54. The summed E-state index contributed by atoms with van der Waals surface area (Å²) in [4.78, 5) is 48.2. The number of rotatable bonds is 6. The van der Waals surface area contributed by atoms with Crippen LogP contribution in [0.2, 0.25) is 0 Å². The van der Waals surface area contributed by atoms with Crippen LogP contribution >= 0.6 is 0 Å². The maximum absolute atomic E-state index is 13.1. The Morgan fingerprint density at radius 1 is 0.973 bits per heavy atom. The molecule has 5 unspecified atom stereocenters. The lowest BCUT2D eigenvalue weighted by Gasteiger charge is -2.40. The highest BCUT2D eigenvalue weighted by atomic mass is 16.7. The van der Waals surface area contributed by atoms with E-state index in [9.17, 15) is 44.7 Å². The van der Waals surface area contributed by atoms with E-state index in [0.717, 1.165) is 0 Å². The van der Waals surface area contributed by atoms with Gasteiger partial charge in [-0.25, -0.2) is 0 Å². The van der Waals surface area contributed by atoms with E-state index in [4.69, 9.17) is 19.3 Å². The van der Waals surface area contributed by atoms with E-state index < -0.39 is 90.1 Å². The second kappa shape index (κ2) is 9.78. The summed E-state index contributed by atoms with van der Waals surface area (Å²) >= 11 is 0. The number of hydrogen-bond donors (Lipinski definition) is 6. The molecule has 0 spiro atoms. The van der Waals surface area contributed by atoms with Crippen molar-refractivity contribution in [1.82, 2.24) is 0 Å². The SMILES string of the molecule is Cc1cc2c(c(O)c1OC1OC(COC(=O)CC(=O)O)C(O)C(O)C1O)C(=O)c1c(O)cccc1C2=O. The first-order valence-corrected chi connectivity index (χ1v) is 10.9. The standard InChI is InChI=1S/C24H22O13/c1-8-5-10-16(19(31)15-9(17(10)29)3-2-4-11(15)25)20(32)23(8)37-24-22(34)21(33)18(30)12(36-24)7-35-14(28)6-13(26)27/h2-5,12,18,21-22,24-25,30,32-34H,6-7H2,1H3,(H,26,27). The highest BCUT2D eigenvalue weighted by molar-refractivity contribution is 6.30. The van der Waals surface area contributed by atoms with Crippen molar-refractivity contribution in [3.63, 3.8) is 0 Å². The van der Waals surface area contributed by atoms with Gasteiger partial charge in [-0.2, -0.15) is 0 Å². The van der Waals surface area contributed by atoms with Gasteiger partial charge in [0.25, 0.3) is 0 Å². The maximum atomic E-state index is 13.1. The number of ether oxygens (including phenoxy) is 3. The van der Waals surface area contributed by atoms with E-state index in [2.05, 4.69) is 0 Å². The second-order valence-electron chi connectivity index (χ2n) is 8.54. The molecule has 6 N–H and O–H groups in total. The number of benzene rings is 2. The number of aliphatic carboxylic acids is 1. The fourth-order valence-corrected chi connectivity index (χ4v) is 4.20. The van der Waals surface area contributed by atoms with Gasteiger partial charge in [0.05, 0.1) is 11.1 Å². The number of aliphatic hydroxyl groups excluding tert-OH is 3. The van der Waals surface area contributed by atoms with Crippen LogP contribution in [0.25, 0.3) is 0 Å². The molecule has 2 aliphatic rings. The average molecular weight is 518 g/mol. The number of aryl methyl sites for hydroxylation is 1. The number of aliphatic hydroxyl groups is 3. The molecule has 0 amide bonds. The molecular weight excluding hydrogens is 496 g/mol. The number of carbonyl (C=O) groups excluding carboxylic acids is 3. The quantitative estimate of drug-likeness (QED) is 0.177. The summed E-state index contributed by atoms with van der Waals surface area (Å²) < 4.78 is 15.7. The zero-order chi connectivity index (χ0) is 27.2. The number of carboxylic acids is 1. The number of carboxylic acid groups (broad SMARTS) is 1. The molecule has 1 saturated heterocycles. The third-order valence-electron chi connectivity index (χ3n) is 6.03. The van der Waals surface area contributed by atoms with Crippen molar-refractivity contribution in [2.45, 2.75) is 44.1 Å². The van der Waals surface area contributed by atoms with Gasteiger partial charge < -0.3 is 44.8 Å². The number of carbonyl (C=O) groups is 4. The fraction of sp³-hybridized carbons (Fsp3) is 0.333. The van der Waals surface area contributed by atoms with E-state index in [1.807, 2.05) is 0 Å². The predicted octanol–water partition coefficient (Wildman–Crippen LogP) is -0.614. The smallest absolute Gasteiger partial charge is 0.317 e. The van der Waals surface area contributed by atoms with Crippen molar-refractivity contribution >= 4 is 23.5 Å². The summed E-state index contributed by atoms with van der Waals surface area (Å²) in [5.74, 6) is -5.72. The molecule has 2 aromatic rings. The van der Waals surface area contributed by atoms with Gasteiger partial charge in [0.1, 0.15) is 43.2 Å². The van der Waals surface area contributed by atoms with Crippen LogP contribution in [0.4, 0.5) is 0 Å². The van der Waals surface area contributed by atoms with Gasteiger partial charge in [-0.05, 0) is 24.6 Å². The number of phenolic OH excluding ortho intramolecular Hbond substituents is 2. The normalized spacial score (nSPS) is 24.7. The topological polar surface area (TPSA) is 217 Å². The molecule has 5 atom stereocenters. The van der Waals surface area contributed by atoms with E-state index in [-0.39, 0.29) is 22.3 Å². The molecule has 0 aromatic heterocycles. The highest BCUT2D eigenvalue weighted by Gasteiger charge is 2.46. The molecule has 37 heavy (non-hydrogen) atoms. The van der Waals surface area contributed by atoms with E-state index in [1.165, 1.54) is 31.2 Å². The summed E-state index contributed by atoms with van der Waals surface area (Å²) in [7, 11) is 0. The number of aromatic hydroxyl groups is 2. The van der Waals surface area contributed by atoms with Crippen molar-refractivity contribution in [3.8, 4) is 17.2 Å². The first-order valence-electron chi connectivity index (χ1n) is 10.9. The number of fused-ring (bicyclic) bond motifs is 2. The van der Waals surface area contributed by atoms with Gasteiger partial charge >= 0.3 is 11.9 Å². The van der Waals surface area contributed by atoms with Crippen LogP contribution in [-0.2, 0) is 19.1 Å². The lowest BCUT2D eigenvalue weighted by atomic mass is 9.82. The largest absolute Gasteiger partial charge is 0.507 e. The van der Waals surface area contributed by atoms with Crippen LogP contribution in [0.15, 0.2) is 24.3 Å². The zero-order valence-electron chi connectivity index (χ0n) is 19.2. The first-order chi connectivity index (χ1) is 17.4. The molecule has 1 heterocycles.